The molecule has 0 saturated carbocycles. The summed E-state index contributed by atoms with van der Waals surface area (Å²) in [7, 11) is 0. The second-order valence-corrected chi connectivity index (χ2v) is 6.42. The minimum atomic E-state index is 0.307. The maximum Gasteiger partial charge on any atom is 0.137 e. The van der Waals surface area contributed by atoms with E-state index in [1.807, 2.05) is 6.92 Å². The van der Waals surface area contributed by atoms with Gasteiger partial charge < -0.3 is 10.6 Å². The van der Waals surface area contributed by atoms with Gasteiger partial charge in [-0.3, -0.25) is 0 Å². The topological polar surface area (TPSA) is 55.0 Å². The van der Waals surface area contributed by atoms with Gasteiger partial charge in [-0.25, -0.2) is 9.97 Å². The zero-order valence-corrected chi connectivity index (χ0v) is 12.8. The second-order valence-electron chi connectivity index (χ2n) is 6.42. The standard InChI is InChI=1S/C15H26N4/c1-9(2)14-17-13(16)12(5)15(18-14)19-7-10(3)6-11(4)8-19/h9-11H,6-8H2,1-5H3,(H2,16,17,18). The SMILES string of the molecule is Cc1c(N)nc(C(C)C)nc1N1CC(C)CC(C)C1. The Kier molecular flexibility index (Phi) is 3.97. The number of nitrogens with two attached hydrogens (primary N) is 1. The molecular formula is C15H26N4. The van der Waals surface area contributed by atoms with Crippen LogP contribution in [-0.4, -0.2) is 23.1 Å². The van der Waals surface area contributed by atoms with Crippen LogP contribution in [0.15, 0.2) is 0 Å². The van der Waals surface area contributed by atoms with Gasteiger partial charge in [0.1, 0.15) is 17.5 Å². The summed E-state index contributed by atoms with van der Waals surface area (Å²) in [5.41, 5.74) is 7.08. The van der Waals surface area contributed by atoms with Crippen molar-refractivity contribution >= 4 is 11.6 Å². The largest absolute Gasteiger partial charge is 0.383 e. The molecule has 2 unspecified atom stereocenters. The van der Waals surface area contributed by atoms with E-state index in [0.717, 1.165) is 30.3 Å². The van der Waals surface area contributed by atoms with Gasteiger partial charge in [0.05, 0.1) is 0 Å². The van der Waals surface area contributed by atoms with Gasteiger partial charge in [-0.1, -0.05) is 27.7 Å². The first-order valence-corrected chi connectivity index (χ1v) is 7.27. The zero-order valence-electron chi connectivity index (χ0n) is 12.8. The summed E-state index contributed by atoms with van der Waals surface area (Å²) in [5.74, 6) is 4.24. The minimum Gasteiger partial charge on any atom is -0.383 e. The van der Waals surface area contributed by atoms with Gasteiger partial charge in [0, 0.05) is 24.6 Å². The maximum absolute atomic E-state index is 6.06. The monoisotopic (exact) mass is 262 g/mol. The third-order valence-corrected chi connectivity index (χ3v) is 3.86. The van der Waals surface area contributed by atoms with Crippen molar-refractivity contribution in [3.05, 3.63) is 11.4 Å². The van der Waals surface area contributed by atoms with Gasteiger partial charge in [-0.05, 0) is 25.2 Å². The number of piperidine rings is 1. The van der Waals surface area contributed by atoms with Crippen molar-refractivity contribution < 1.29 is 0 Å². The van der Waals surface area contributed by atoms with Crippen LogP contribution >= 0.6 is 0 Å². The number of anilines is 2. The minimum absolute atomic E-state index is 0.307. The van der Waals surface area contributed by atoms with Crippen LogP contribution in [0.1, 0.15) is 51.4 Å². The third-order valence-electron chi connectivity index (χ3n) is 3.86. The molecule has 1 aliphatic heterocycles. The van der Waals surface area contributed by atoms with Crippen molar-refractivity contribution in [3.8, 4) is 0 Å². The molecule has 2 atom stereocenters. The van der Waals surface area contributed by atoms with Crippen LogP contribution in [-0.2, 0) is 0 Å². The fourth-order valence-corrected chi connectivity index (χ4v) is 2.94. The lowest BCUT2D eigenvalue weighted by molar-refractivity contribution is 0.354. The average Bonchev–Trinajstić information content (AvgIpc) is 2.30. The van der Waals surface area contributed by atoms with Crippen molar-refractivity contribution in [2.75, 3.05) is 23.7 Å². The number of aromatic nitrogens is 2. The molecule has 2 rings (SSSR count). The van der Waals surface area contributed by atoms with Gasteiger partial charge >= 0.3 is 0 Å². The molecule has 19 heavy (non-hydrogen) atoms. The molecule has 4 heteroatoms. The Morgan fingerprint density at radius 1 is 1.16 bits per heavy atom. The molecule has 4 nitrogen and oxygen atoms in total. The van der Waals surface area contributed by atoms with E-state index in [1.165, 1.54) is 6.42 Å². The quantitative estimate of drug-likeness (QED) is 0.890. The highest BCUT2D eigenvalue weighted by Crippen LogP contribution is 2.29. The average molecular weight is 262 g/mol. The summed E-state index contributed by atoms with van der Waals surface area (Å²) in [6.07, 6.45) is 1.30. The Bertz CT molecular complexity index is 446. The molecule has 0 amide bonds. The summed E-state index contributed by atoms with van der Waals surface area (Å²) in [5, 5.41) is 0. The smallest absolute Gasteiger partial charge is 0.137 e. The summed E-state index contributed by atoms with van der Waals surface area (Å²) in [6.45, 7) is 13.0. The van der Waals surface area contributed by atoms with Crippen molar-refractivity contribution in [1.29, 1.82) is 0 Å². The predicted molar refractivity (Wildman–Crippen MR) is 80.4 cm³/mol. The van der Waals surface area contributed by atoms with E-state index in [9.17, 15) is 0 Å². The second kappa shape index (κ2) is 5.35. The molecule has 2 N–H and O–H groups in total. The van der Waals surface area contributed by atoms with Gasteiger partial charge in [-0.2, -0.15) is 0 Å². The molecule has 1 saturated heterocycles. The Morgan fingerprint density at radius 3 is 2.26 bits per heavy atom. The van der Waals surface area contributed by atoms with E-state index >= 15 is 0 Å². The molecule has 1 aliphatic rings. The van der Waals surface area contributed by atoms with E-state index in [4.69, 9.17) is 10.7 Å². The number of nitrogens with zero attached hydrogens (tertiary/aromatic N) is 3. The van der Waals surface area contributed by atoms with Gasteiger partial charge in [0.25, 0.3) is 0 Å². The van der Waals surface area contributed by atoms with Crippen LogP contribution in [0.4, 0.5) is 11.6 Å². The van der Waals surface area contributed by atoms with Crippen molar-refractivity contribution in [2.24, 2.45) is 11.8 Å². The fourth-order valence-electron chi connectivity index (χ4n) is 2.94. The number of hydrogen-bond donors (Lipinski definition) is 1. The van der Waals surface area contributed by atoms with Gasteiger partial charge in [0.15, 0.2) is 0 Å². The highest BCUT2D eigenvalue weighted by molar-refractivity contribution is 5.57. The normalized spacial score (nSPS) is 24.0. The van der Waals surface area contributed by atoms with E-state index in [-0.39, 0.29) is 0 Å². The molecule has 1 fully saturated rings. The molecular weight excluding hydrogens is 236 g/mol. The predicted octanol–water partition coefficient (Wildman–Crippen LogP) is 2.97. The first-order valence-electron chi connectivity index (χ1n) is 7.27. The molecule has 1 aromatic heterocycles. The molecule has 0 radical (unpaired) electrons. The summed E-state index contributed by atoms with van der Waals surface area (Å²) in [6, 6.07) is 0. The molecule has 0 aromatic carbocycles. The van der Waals surface area contributed by atoms with Gasteiger partial charge in [-0.15, -0.1) is 0 Å². The molecule has 106 valence electrons. The van der Waals surface area contributed by atoms with Gasteiger partial charge in [0.2, 0.25) is 0 Å². The third kappa shape index (κ3) is 2.99. The molecule has 1 aromatic rings. The van der Waals surface area contributed by atoms with Crippen LogP contribution in [0.25, 0.3) is 0 Å². The van der Waals surface area contributed by atoms with Crippen molar-refractivity contribution in [3.63, 3.8) is 0 Å². The Morgan fingerprint density at radius 2 is 1.74 bits per heavy atom. The van der Waals surface area contributed by atoms with Crippen molar-refractivity contribution in [2.45, 2.75) is 47.0 Å². The molecule has 0 spiro atoms. The fraction of sp³-hybridized carbons (Fsp3) is 0.733. The number of hydrogen-bond acceptors (Lipinski definition) is 4. The van der Waals surface area contributed by atoms with Crippen LogP contribution in [0.3, 0.4) is 0 Å². The zero-order chi connectivity index (χ0) is 14.2. The Balaban J connectivity index is 2.37. The first kappa shape index (κ1) is 14.1. The van der Waals surface area contributed by atoms with E-state index in [2.05, 4.69) is 37.6 Å². The summed E-state index contributed by atoms with van der Waals surface area (Å²) in [4.78, 5) is 11.6. The van der Waals surface area contributed by atoms with Crippen LogP contribution in [0.5, 0.6) is 0 Å². The molecule has 2 heterocycles. The molecule has 0 bridgehead atoms. The van der Waals surface area contributed by atoms with Crippen molar-refractivity contribution in [1.82, 2.24) is 9.97 Å². The summed E-state index contributed by atoms with van der Waals surface area (Å²) >= 11 is 0. The summed E-state index contributed by atoms with van der Waals surface area (Å²) < 4.78 is 0. The van der Waals surface area contributed by atoms with Crippen LogP contribution in [0, 0.1) is 18.8 Å². The van der Waals surface area contributed by atoms with E-state index in [1.54, 1.807) is 0 Å². The van der Waals surface area contributed by atoms with E-state index < -0.39 is 0 Å². The lowest BCUT2D eigenvalue weighted by Gasteiger charge is -2.36. The van der Waals surface area contributed by atoms with Crippen LogP contribution < -0.4 is 10.6 Å². The molecule has 0 aliphatic carbocycles. The first-order chi connectivity index (χ1) is 8.88. The van der Waals surface area contributed by atoms with E-state index in [0.29, 0.717) is 23.6 Å². The maximum atomic E-state index is 6.06. The number of rotatable bonds is 2. The highest BCUT2D eigenvalue weighted by Gasteiger charge is 2.25. The lowest BCUT2D eigenvalue weighted by Crippen LogP contribution is -2.40. The Hall–Kier alpha value is -1.32. The highest BCUT2D eigenvalue weighted by atomic mass is 15.2. The van der Waals surface area contributed by atoms with Crippen LogP contribution in [0.2, 0.25) is 0 Å². The lowest BCUT2D eigenvalue weighted by atomic mass is 9.92. The Labute approximate surface area is 116 Å². The number of nitrogen functional groups attached to an aromatic ring is 1.